The third-order valence-corrected chi connectivity index (χ3v) is 3.33. The van der Waals surface area contributed by atoms with E-state index in [1.807, 2.05) is 44.2 Å². The van der Waals surface area contributed by atoms with Crippen molar-refractivity contribution in [2.75, 3.05) is 17.7 Å². The summed E-state index contributed by atoms with van der Waals surface area (Å²) in [6.07, 6.45) is 0.500. The molecule has 0 atom stereocenters. The third-order valence-electron chi connectivity index (χ3n) is 3.33. The molecule has 2 aromatic carbocycles. The van der Waals surface area contributed by atoms with E-state index >= 15 is 0 Å². The number of rotatable bonds is 6. The fourth-order valence-electron chi connectivity index (χ4n) is 2.23. The number of benzene rings is 2. The van der Waals surface area contributed by atoms with Crippen LogP contribution in [0.1, 0.15) is 30.6 Å². The average molecular weight is 326 g/mol. The van der Waals surface area contributed by atoms with Crippen LogP contribution < -0.4 is 10.6 Å². The molecule has 24 heavy (non-hydrogen) atoms. The highest BCUT2D eigenvalue weighted by molar-refractivity contribution is 5.91. The minimum absolute atomic E-state index is 0.0106. The maximum Gasteiger partial charge on any atom is 0.337 e. The molecule has 5 heteroatoms. The summed E-state index contributed by atoms with van der Waals surface area (Å²) in [5, 5.41) is 6.08. The van der Waals surface area contributed by atoms with Gasteiger partial charge in [-0.15, -0.1) is 0 Å². The minimum Gasteiger partial charge on any atom is -0.465 e. The van der Waals surface area contributed by atoms with Crippen molar-refractivity contribution < 1.29 is 14.3 Å². The van der Waals surface area contributed by atoms with E-state index in [9.17, 15) is 9.59 Å². The van der Waals surface area contributed by atoms with Gasteiger partial charge in [-0.3, -0.25) is 4.79 Å². The lowest BCUT2D eigenvalue weighted by Crippen LogP contribution is -2.13. The summed E-state index contributed by atoms with van der Waals surface area (Å²) in [6.45, 7) is 4.02. The maximum atomic E-state index is 11.8. The minimum atomic E-state index is -0.373. The van der Waals surface area contributed by atoms with Crippen molar-refractivity contribution in [2.45, 2.75) is 20.3 Å². The first-order valence-corrected chi connectivity index (χ1v) is 7.83. The Labute approximate surface area is 142 Å². The number of esters is 1. The zero-order valence-electron chi connectivity index (χ0n) is 14.1. The van der Waals surface area contributed by atoms with Gasteiger partial charge in [-0.05, 0) is 48.4 Å². The number of carbonyl (C=O) groups excluding carboxylic acids is 2. The van der Waals surface area contributed by atoms with E-state index in [1.54, 1.807) is 18.2 Å². The van der Waals surface area contributed by atoms with E-state index in [1.165, 1.54) is 7.11 Å². The van der Waals surface area contributed by atoms with Crippen LogP contribution in [0.2, 0.25) is 0 Å². The number of amides is 1. The van der Waals surface area contributed by atoms with Crippen LogP contribution in [-0.4, -0.2) is 19.0 Å². The molecule has 0 saturated carbocycles. The highest BCUT2D eigenvalue weighted by atomic mass is 16.5. The number of carbonyl (C=O) groups is 2. The Balaban J connectivity index is 2.01. The molecule has 5 nitrogen and oxygen atoms in total. The predicted octanol–water partition coefficient (Wildman–Crippen LogP) is 4.20. The number of nitrogens with one attached hydrogen (secondary N) is 2. The summed E-state index contributed by atoms with van der Waals surface area (Å²) in [5.41, 5.74) is 2.89. The molecule has 0 aliphatic heterocycles. The van der Waals surface area contributed by atoms with Crippen LogP contribution in [0.4, 0.5) is 17.1 Å². The molecule has 0 spiro atoms. The van der Waals surface area contributed by atoms with Crippen LogP contribution in [0.3, 0.4) is 0 Å². The predicted molar refractivity (Wildman–Crippen MR) is 95.6 cm³/mol. The van der Waals surface area contributed by atoms with Crippen LogP contribution >= 0.6 is 0 Å². The summed E-state index contributed by atoms with van der Waals surface area (Å²) in [4.78, 5) is 23.3. The van der Waals surface area contributed by atoms with E-state index in [4.69, 9.17) is 4.74 Å². The molecule has 0 aliphatic carbocycles. The second kappa shape index (κ2) is 8.15. The van der Waals surface area contributed by atoms with Gasteiger partial charge in [-0.1, -0.05) is 19.9 Å². The number of hydrogen-bond donors (Lipinski definition) is 2. The first-order valence-electron chi connectivity index (χ1n) is 7.83. The molecular weight excluding hydrogens is 304 g/mol. The number of ether oxygens (including phenoxy) is 1. The number of anilines is 3. The van der Waals surface area contributed by atoms with E-state index in [-0.39, 0.29) is 11.9 Å². The topological polar surface area (TPSA) is 67.4 Å². The van der Waals surface area contributed by atoms with Crippen molar-refractivity contribution in [1.82, 2.24) is 0 Å². The number of methoxy groups -OCH3 is 1. The summed E-state index contributed by atoms with van der Waals surface area (Å²) in [6, 6.07) is 14.5. The van der Waals surface area contributed by atoms with Crippen molar-refractivity contribution in [2.24, 2.45) is 5.92 Å². The van der Waals surface area contributed by atoms with Gasteiger partial charge in [-0.2, -0.15) is 0 Å². The molecule has 0 aliphatic rings. The Morgan fingerprint density at radius 1 is 1.00 bits per heavy atom. The maximum absolute atomic E-state index is 11.8. The molecule has 1 amide bonds. The smallest absolute Gasteiger partial charge is 0.337 e. The summed E-state index contributed by atoms with van der Waals surface area (Å²) < 4.78 is 4.71. The van der Waals surface area contributed by atoms with Gasteiger partial charge in [0, 0.05) is 23.5 Å². The van der Waals surface area contributed by atoms with Crippen LogP contribution in [0, 0.1) is 5.92 Å². The van der Waals surface area contributed by atoms with E-state index in [0.29, 0.717) is 17.9 Å². The normalized spacial score (nSPS) is 10.3. The Morgan fingerprint density at radius 3 is 2.29 bits per heavy atom. The van der Waals surface area contributed by atoms with Crippen molar-refractivity contribution in [3.63, 3.8) is 0 Å². The highest BCUT2D eigenvalue weighted by Crippen LogP contribution is 2.20. The summed E-state index contributed by atoms with van der Waals surface area (Å²) in [5.74, 6) is -0.0358. The zero-order chi connectivity index (χ0) is 17.5. The Hall–Kier alpha value is -2.82. The zero-order valence-corrected chi connectivity index (χ0v) is 14.1. The SMILES string of the molecule is COC(=O)c1cccc(Nc2ccc(NC(=O)CC(C)C)cc2)c1. The average Bonchev–Trinajstić information content (AvgIpc) is 2.55. The fraction of sp³-hybridized carbons (Fsp3) is 0.263. The van der Waals surface area contributed by atoms with Gasteiger partial charge in [0.25, 0.3) is 0 Å². The lowest BCUT2D eigenvalue weighted by Gasteiger charge is -2.10. The first-order chi connectivity index (χ1) is 11.5. The highest BCUT2D eigenvalue weighted by Gasteiger charge is 2.07. The Bertz CT molecular complexity index is 709. The molecule has 2 N–H and O–H groups in total. The van der Waals surface area contributed by atoms with Crippen LogP contribution in [0.5, 0.6) is 0 Å². The standard InChI is InChI=1S/C19H22N2O3/c1-13(2)11-18(22)21-16-9-7-15(8-10-16)20-17-6-4-5-14(12-17)19(23)24-3/h4-10,12-13,20H,11H2,1-3H3,(H,21,22). The van der Waals surface area contributed by atoms with Gasteiger partial charge in [0.2, 0.25) is 5.91 Å². The van der Waals surface area contributed by atoms with Gasteiger partial charge < -0.3 is 15.4 Å². The monoisotopic (exact) mass is 326 g/mol. The molecule has 0 heterocycles. The molecule has 0 saturated heterocycles. The second-order valence-electron chi connectivity index (χ2n) is 5.92. The second-order valence-corrected chi connectivity index (χ2v) is 5.92. The third kappa shape index (κ3) is 5.12. The number of hydrogen-bond acceptors (Lipinski definition) is 4. The van der Waals surface area contributed by atoms with Crippen LogP contribution in [0.15, 0.2) is 48.5 Å². The lowest BCUT2D eigenvalue weighted by molar-refractivity contribution is -0.116. The van der Waals surface area contributed by atoms with Gasteiger partial charge in [0.15, 0.2) is 0 Å². The van der Waals surface area contributed by atoms with Crippen molar-refractivity contribution in [3.05, 3.63) is 54.1 Å². The molecule has 0 bridgehead atoms. The molecule has 0 fully saturated rings. The molecule has 0 unspecified atom stereocenters. The van der Waals surface area contributed by atoms with Crippen LogP contribution in [0.25, 0.3) is 0 Å². The molecule has 0 radical (unpaired) electrons. The van der Waals surface area contributed by atoms with Gasteiger partial charge in [0.1, 0.15) is 0 Å². The quantitative estimate of drug-likeness (QED) is 0.781. The summed E-state index contributed by atoms with van der Waals surface area (Å²) in [7, 11) is 1.36. The van der Waals surface area contributed by atoms with E-state index in [0.717, 1.165) is 17.1 Å². The molecular formula is C19H22N2O3. The first kappa shape index (κ1) is 17.5. The molecule has 2 rings (SSSR count). The van der Waals surface area contributed by atoms with E-state index < -0.39 is 0 Å². The van der Waals surface area contributed by atoms with Crippen molar-refractivity contribution >= 4 is 28.9 Å². The fourth-order valence-corrected chi connectivity index (χ4v) is 2.23. The Morgan fingerprint density at radius 2 is 1.67 bits per heavy atom. The molecule has 2 aromatic rings. The molecule has 126 valence electrons. The van der Waals surface area contributed by atoms with Crippen molar-refractivity contribution in [1.29, 1.82) is 0 Å². The molecule has 0 aromatic heterocycles. The van der Waals surface area contributed by atoms with Gasteiger partial charge in [-0.25, -0.2) is 4.79 Å². The largest absolute Gasteiger partial charge is 0.465 e. The lowest BCUT2D eigenvalue weighted by atomic mass is 10.1. The Kier molecular flexibility index (Phi) is 5.95. The van der Waals surface area contributed by atoms with Crippen molar-refractivity contribution in [3.8, 4) is 0 Å². The van der Waals surface area contributed by atoms with Gasteiger partial charge >= 0.3 is 5.97 Å². The van der Waals surface area contributed by atoms with Crippen LogP contribution in [-0.2, 0) is 9.53 Å². The van der Waals surface area contributed by atoms with E-state index in [2.05, 4.69) is 10.6 Å². The summed E-state index contributed by atoms with van der Waals surface area (Å²) >= 11 is 0. The van der Waals surface area contributed by atoms with Gasteiger partial charge in [0.05, 0.1) is 12.7 Å².